The highest BCUT2D eigenvalue weighted by atomic mass is 16.7. The molecule has 0 aromatic heterocycles. The molecule has 1 N–H and O–H groups in total. The van der Waals surface area contributed by atoms with E-state index in [1.165, 1.54) is 12.5 Å². The van der Waals surface area contributed by atoms with Crippen molar-refractivity contribution in [3.05, 3.63) is 53.1 Å². The van der Waals surface area contributed by atoms with Crippen LogP contribution in [0, 0.1) is 6.92 Å². The third-order valence-electron chi connectivity index (χ3n) is 3.89. The van der Waals surface area contributed by atoms with Gasteiger partial charge in [0.15, 0.2) is 17.3 Å². The molecular weight excluding hydrogens is 306 g/mol. The fourth-order valence-corrected chi connectivity index (χ4v) is 2.67. The predicted molar refractivity (Wildman–Crippen MR) is 90.7 cm³/mol. The lowest BCUT2D eigenvalue weighted by molar-refractivity contribution is -0.116. The minimum Gasteiger partial charge on any atom is -0.454 e. The van der Waals surface area contributed by atoms with Crippen LogP contribution in [-0.2, 0) is 11.2 Å². The molecule has 3 rings (SSSR count). The number of ether oxygens (including phenoxy) is 2. The smallest absolute Gasteiger partial charge is 0.231 e. The van der Waals surface area contributed by atoms with Crippen LogP contribution in [0.3, 0.4) is 0 Å². The molecule has 24 heavy (non-hydrogen) atoms. The highest BCUT2D eigenvalue weighted by molar-refractivity contribution is 6.04. The minimum atomic E-state index is -0.141. The third-order valence-corrected chi connectivity index (χ3v) is 3.89. The monoisotopic (exact) mass is 325 g/mol. The van der Waals surface area contributed by atoms with Crippen molar-refractivity contribution in [3.63, 3.8) is 0 Å². The van der Waals surface area contributed by atoms with Crippen LogP contribution in [0.25, 0.3) is 0 Å². The van der Waals surface area contributed by atoms with Gasteiger partial charge in [-0.15, -0.1) is 0 Å². The quantitative estimate of drug-likeness (QED) is 0.855. The van der Waals surface area contributed by atoms with Gasteiger partial charge in [-0.2, -0.15) is 0 Å². The molecule has 0 aliphatic carbocycles. The molecule has 0 fully saturated rings. The van der Waals surface area contributed by atoms with Gasteiger partial charge in [0.1, 0.15) is 0 Å². The van der Waals surface area contributed by atoms with E-state index in [4.69, 9.17) is 9.47 Å². The Bertz CT molecular complexity index is 798. The van der Waals surface area contributed by atoms with Crippen molar-refractivity contribution in [3.8, 4) is 11.5 Å². The van der Waals surface area contributed by atoms with Crippen LogP contribution in [0.4, 0.5) is 5.69 Å². The molecule has 0 radical (unpaired) electrons. The molecule has 2 aromatic carbocycles. The highest BCUT2D eigenvalue weighted by Crippen LogP contribution is 2.37. The Morgan fingerprint density at radius 1 is 1.12 bits per heavy atom. The Morgan fingerprint density at radius 3 is 2.58 bits per heavy atom. The maximum atomic E-state index is 12.3. The zero-order valence-corrected chi connectivity index (χ0v) is 13.7. The summed E-state index contributed by atoms with van der Waals surface area (Å²) in [6.07, 6.45) is 0.989. The van der Waals surface area contributed by atoms with E-state index in [1.807, 2.05) is 25.1 Å². The second kappa shape index (κ2) is 6.74. The molecule has 1 heterocycles. The largest absolute Gasteiger partial charge is 0.454 e. The molecule has 124 valence electrons. The third kappa shape index (κ3) is 3.56. The summed E-state index contributed by atoms with van der Waals surface area (Å²) in [7, 11) is 0. The second-order valence-corrected chi connectivity index (χ2v) is 5.84. The van der Waals surface area contributed by atoms with Crippen molar-refractivity contribution in [2.75, 3.05) is 12.1 Å². The molecule has 1 aliphatic rings. The maximum absolute atomic E-state index is 12.3. The topological polar surface area (TPSA) is 64.6 Å². The molecule has 1 aliphatic heterocycles. The summed E-state index contributed by atoms with van der Waals surface area (Å²) in [5.41, 5.74) is 3.16. The van der Waals surface area contributed by atoms with E-state index in [1.54, 1.807) is 12.1 Å². The maximum Gasteiger partial charge on any atom is 0.231 e. The van der Waals surface area contributed by atoms with Crippen molar-refractivity contribution >= 4 is 17.4 Å². The van der Waals surface area contributed by atoms with E-state index < -0.39 is 0 Å². The molecule has 0 spiro atoms. The summed E-state index contributed by atoms with van der Waals surface area (Å²) < 4.78 is 10.6. The van der Waals surface area contributed by atoms with Crippen LogP contribution < -0.4 is 14.8 Å². The van der Waals surface area contributed by atoms with Gasteiger partial charge in [-0.25, -0.2) is 0 Å². The van der Waals surface area contributed by atoms with Gasteiger partial charge in [-0.3, -0.25) is 9.59 Å². The summed E-state index contributed by atoms with van der Waals surface area (Å²) in [4.78, 5) is 24.1. The predicted octanol–water partition coefficient (Wildman–Crippen LogP) is 3.50. The summed E-state index contributed by atoms with van der Waals surface area (Å²) in [6, 6.07) is 11.3. The molecule has 5 nitrogen and oxygen atoms in total. The molecule has 0 atom stereocenters. The average Bonchev–Trinajstić information content (AvgIpc) is 2.99. The number of amides is 1. The lowest BCUT2D eigenvalue weighted by Gasteiger charge is -2.11. The van der Waals surface area contributed by atoms with Gasteiger partial charge >= 0.3 is 0 Å². The first-order valence-corrected chi connectivity index (χ1v) is 7.83. The van der Waals surface area contributed by atoms with Gasteiger partial charge in [0.2, 0.25) is 12.7 Å². The zero-order valence-electron chi connectivity index (χ0n) is 13.7. The van der Waals surface area contributed by atoms with Gasteiger partial charge in [0.25, 0.3) is 0 Å². The van der Waals surface area contributed by atoms with Crippen molar-refractivity contribution in [2.24, 2.45) is 0 Å². The van der Waals surface area contributed by atoms with Gasteiger partial charge in [-0.1, -0.05) is 29.8 Å². The van der Waals surface area contributed by atoms with Crippen LogP contribution in [0.15, 0.2) is 36.4 Å². The Morgan fingerprint density at radius 2 is 1.88 bits per heavy atom. The van der Waals surface area contributed by atoms with E-state index in [-0.39, 0.29) is 18.5 Å². The van der Waals surface area contributed by atoms with Crippen LogP contribution in [0.2, 0.25) is 0 Å². The van der Waals surface area contributed by atoms with Crippen LogP contribution >= 0.6 is 0 Å². The first-order valence-electron chi connectivity index (χ1n) is 7.83. The first-order chi connectivity index (χ1) is 11.5. The number of carbonyl (C=O) groups is 2. The number of carbonyl (C=O) groups excluding carboxylic acids is 2. The first kappa shape index (κ1) is 16.1. The Labute approximate surface area is 140 Å². The Balaban J connectivity index is 1.71. The number of fused-ring (bicyclic) bond motifs is 1. The van der Waals surface area contributed by atoms with Gasteiger partial charge in [-0.05, 0) is 31.9 Å². The molecule has 0 saturated carbocycles. The summed E-state index contributed by atoms with van der Waals surface area (Å²) in [6.45, 7) is 3.60. The summed E-state index contributed by atoms with van der Waals surface area (Å²) in [5, 5.41) is 2.81. The number of rotatable bonds is 5. The van der Waals surface area contributed by atoms with Crippen LogP contribution in [0.1, 0.15) is 34.8 Å². The number of ketones is 1. The fraction of sp³-hybridized carbons (Fsp3) is 0.263. The summed E-state index contributed by atoms with van der Waals surface area (Å²) >= 11 is 0. The van der Waals surface area contributed by atoms with Crippen molar-refractivity contribution in [2.45, 2.75) is 26.7 Å². The lowest BCUT2D eigenvalue weighted by Crippen LogP contribution is -2.14. The number of benzene rings is 2. The standard InChI is InChI=1S/C19H19NO4/c1-12-4-3-5-14(8-12)6-7-19(22)20-16-10-18-17(23-11-24-18)9-15(16)13(2)21/h3-5,8-10H,6-7,11H2,1-2H3,(H,20,22). The van der Waals surface area contributed by atoms with E-state index >= 15 is 0 Å². The number of aryl methyl sites for hydroxylation is 2. The van der Waals surface area contributed by atoms with Gasteiger partial charge < -0.3 is 14.8 Å². The van der Waals surface area contributed by atoms with E-state index in [0.717, 1.165) is 5.56 Å². The van der Waals surface area contributed by atoms with Crippen LogP contribution in [-0.4, -0.2) is 18.5 Å². The second-order valence-electron chi connectivity index (χ2n) is 5.84. The van der Waals surface area contributed by atoms with Crippen molar-refractivity contribution in [1.29, 1.82) is 0 Å². The Hall–Kier alpha value is -2.82. The molecule has 0 bridgehead atoms. The van der Waals surface area contributed by atoms with Crippen molar-refractivity contribution < 1.29 is 19.1 Å². The molecule has 1 amide bonds. The van der Waals surface area contributed by atoms with Crippen LogP contribution in [0.5, 0.6) is 11.5 Å². The van der Waals surface area contributed by atoms with Gasteiger partial charge in [0, 0.05) is 18.1 Å². The van der Waals surface area contributed by atoms with Gasteiger partial charge in [0.05, 0.1) is 5.69 Å². The highest BCUT2D eigenvalue weighted by Gasteiger charge is 2.20. The molecule has 2 aromatic rings. The number of hydrogen-bond acceptors (Lipinski definition) is 4. The number of hydrogen-bond donors (Lipinski definition) is 1. The molecule has 0 saturated heterocycles. The molecule has 5 heteroatoms. The molecular formula is C19H19NO4. The zero-order chi connectivity index (χ0) is 17.1. The minimum absolute atomic E-state index is 0.122. The fourth-order valence-electron chi connectivity index (χ4n) is 2.67. The van der Waals surface area contributed by atoms with E-state index in [9.17, 15) is 9.59 Å². The number of anilines is 1. The summed E-state index contributed by atoms with van der Waals surface area (Å²) in [5.74, 6) is 0.784. The Kier molecular flexibility index (Phi) is 4.51. The van der Waals surface area contributed by atoms with E-state index in [2.05, 4.69) is 11.4 Å². The molecule has 0 unspecified atom stereocenters. The number of Topliss-reactive ketones (excluding diaryl/α,β-unsaturated/α-hetero) is 1. The van der Waals surface area contributed by atoms with Crippen molar-refractivity contribution in [1.82, 2.24) is 0 Å². The average molecular weight is 325 g/mol. The lowest BCUT2D eigenvalue weighted by atomic mass is 10.1. The SMILES string of the molecule is CC(=O)c1cc2c(cc1NC(=O)CCc1cccc(C)c1)OCO2. The number of nitrogens with one attached hydrogen (secondary N) is 1. The normalized spacial score (nSPS) is 12.1. The van der Waals surface area contributed by atoms with E-state index in [0.29, 0.717) is 35.6 Å².